The Kier molecular flexibility index (Phi) is 5.52. The quantitative estimate of drug-likeness (QED) is 0.588. The Morgan fingerprint density at radius 1 is 1.29 bits per heavy atom. The van der Waals surface area contributed by atoms with Crippen LogP contribution in [0.25, 0.3) is 11.0 Å². The van der Waals surface area contributed by atoms with Crippen LogP contribution in [0.15, 0.2) is 47.6 Å². The number of fused-ring (bicyclic) bond motifs is 2. The Labute approximate surface area is 179 Å². The molecular weight excluding hydrogens is 433 g/mol. The maximum Gasteiger partial charge on any atom is 0.409 e. The molecule has 2 amide bonds. The Bertz CT molecular complexity index is 1150. The maximum absolute atomic E-state index is 13.8. The Hall–Kier alpha value is -3.21. The van der Waals surface area contributed by atoms with Gasteiger partial charge in [-0.3, -0.25) is 14.5 Å². The zero-order valence-electron chi connectivity index (χ0n) is 16.2. The summed E-state index contributed by atoms with van der Waals surface area (Å²) in [5.41, 5.74) is 1.49. The fraction of sp³-hybridized carbons (Fsp3) is 0.250. The first-order valence-electron chi connectivity index (χ1n) is 9.20. The molecule has 0 radical (unpaired) electrons. The number of benzene rings is 2. The molecular formula is C20H17F3N4O3S. The second-order valence-electron chi connectivity index (χ2n) is 6.80. The molecule has 2 aromatic carbocycles. The molecule has 1 aliphatic rings. The number of thioether (sulfide) groups is 1. The maximum atomic E-state index is 13.8. The van der Waals surface area contributed by atoms with Gasteiger partial charge in [0.05, 0.1) is 41.7 Å². The molecule has 1 atom stereocenters. The number of H-pyrrole nitrogens is 1. The molecule has 0 bridgehead atoms. The predicted molar refractivity (Wildman–Crippen MR) is 110 cm³/mol. The van der Waals surface area contributed by atoms with Gasteiger partial charge >= 0.3 is 6.18 Å². The molecule has 7 nitrogen and oxygen atoms in total. The van der Waals surface area contributed by atoms with E-state index in [-0.39, 0.29) is 17.1 Å². The second-order valence-corrected chi connectivity index (χ2v) is 7.77. The predicted octanol–water partition coefficient (Wildman–Crippen LogP) is 3.97. The van der Waals surface area contributed by atoms with Gasteiger partial charge in [-0.1, -0.05) is 23.9 Å². The zero-order chi connectivity index (χ0) is 22.2. The number of aromatic amines is 1. The number of rotatable bonds is 4. The number of nitrogens with one attached hydrogen (secondary N) is 2. The number of hydrogen-bond donors (Lipinski definition) is 2. The third-order valence-electron chi connectivity index (χ3n) is 4.77. The van der Waals surface area contributed by atoms with Crippen molar-refractivity contribution in [2.24, 2.45) is 0 Å². The highest BCUT2D eigenvalue weighted by Gasteiger charge is 2.48. The van der Waals surface area contributed by atoms with Crippen LogP contribution in [0.2, 0.25) is 0 Å². The molecule has 4 rings (SSSR count). The third-order valence-corrected chi connectivity index (χ3v) is 5.63. The largest absolute Gasteiger partial charge is 0.497 e. The summed E-state index contributed by atoms with van der Waals surface area (Å²) in [6.45, 7) is 0. The normalized spacial score (nSPS) is 16.6. The summed E-state index contributed by atoms with van der Waals surface area (Å²) in [6, 6.07) is 8.88. The van der Waals surface area contributed by atoms with Crippen LogP contribution >= 0.6 is 11.8 Å². The number of carbonyl (C=O) groups is 2. The average molecular weight is 450 g/mol. The van der Waals surface area contributed by atoms with Gasteiger partial charge in [-0.2, -0.15) is 13.2 Å². The van der Waals surface area contributed by atoms with E-state index in [9.17, 15) is 22.8 Å². The van der Waals surface area contributed by atoms with E-state index in [0.717, 1.165) is 11.8 Å². The molecule has 0 aliphatic carbocycles. The molecule has 1 aliphatic heterocycles. The summed E-state index contributed by atoms with van der Waals surface area (Å²) >= 11 is 0.985. The molecule has 0 fully saturated rings. The fourth-order valence-electron chi connectivity index (χ4n) is 3.36. The Morgan fingerprint density at radius 3 is 2.81 bits per heavy atom. The molecule has 162 valence electrons. The van der Waals surface area contributed by atoms with Crippen LogP contribution in [-0.4, -0.2) is 46.9 Å². The molecule has 1 aromatic heterocycles. The number of hydrogen-bond acceptors (Lipinski definition) is 5. The van der Waals surface area contributed by atoms with Crippen molar-refractivity contribution in [1.82, 2.24) is 9.97 Å². The van der Waals surface area contributed by atoms with E-state index in [1.807, 2.05) is 0 Å². The van der Waals surface area contributed by atoms with Gasteiger partial charge in [-0.15, -0.1) is 0 Å². The van der Waals surface area contributed by atoms with E-state index in [0.29, 0.717) is 26.8 Å². The summed E-state index contributed by atoms with van der Waals surface area (Å²) in [6.07, 6.45) is -5.65. The van der Waals surface area contributed by atoms with Crippen molar-refractivity contribution in [2.45, 2.75) is 23.8 Å². The van der Waals surface area contributed by atoms with Gasteiger partial charge in [0.2, 0.25) is 11.8 Å². The highest BCUT2D eigenvalue weighted by molar-refractivity contribution is 7.99. The van der Waals surface area contributed by atoms with E-state index >= 15 is 0 Å². The summed E-state index contributed by atoms with van der Waals surface area (Å²) in [5.74, 6) is -1.26. The third kappa shape index (κ3) is 4.31. The van der Waals surface area contributed by atoms with Gasteiger partial charge in [-0.05, 0) is 24.3 Å². The fourth-order valence-corrected chi connectivity index (χ4v) is 4.10. The summed E-state index contributed by atoms with van der Waals surface area (Å²) < 4.78 is 46.4. The molecule has 0 unspecified atom stereocenters. The number of aromatic nitrogens is 2. The van der Waals surface area contributed by atoms with Crippen LogP contribution in [0.1, 0.15) is 6.42 Å². The van der Waals surface area contributed by atoms with Gasteiger partial charge in [0.25, 0.3) is 0 Å². The highest BCUT2D eigenvalue weighted by atomic mass is 32.2. The van der Waals surface area contributed by atoms with E-state index in [4.69, 9.17) is 4.74 Å². The van der Waals surface area contributed by atoms with Crippen molar-refractivity contribution in [3.8, 4) is 5.75 Å². The Morgan fingerprint density at radius 2 is 2.06 bits per heavy atom. The van der Waals surface area contributed by atoms with E-state index in [1.54, 1.807) is 24.3 Å². The van der Waals surface area contributed by atoms with Crippen molar-refractivity contribution in [1.29, 1.82) is 0 Å². The zero-order valence-corrected chi connectivity index (χ0v) is 17.0. The van der Waals surface area contributed by atoms with Crippen LogP contribution < -0.4 is 15.0 Å². The number of ether oxygens (including phenoxy) is 1. The smallest absolute Gasteiger partial charge is 0.409 e. The van der Waals surface area contributed by atoms with Gasteiger partial charge < -0.3 is 15.0 Å². The van der Waals surface area contributed by atoms with E-state index in [2.05, 4.69) is 15.3 Å². The first-order chi connectivity index (χ1) is 14.8. The number of nitrogens with zero attached hydrogens (tertiary/aromatic N) is 2. The van der Waals surface area contributed by atoms with Gasteiger partial charge in [0, 0.05) is 6.07 Å². The van der Waals surface area contributed by atoms with E-state index in [1.165, 1.54) is 25.3 Å². The van der Waals surface area contributed by atoms with Crippen LogP contribution in [-0.2, 0) is 9.59 Å². The molecule has 2 heterocycles. The van der Waals surface area contributed by atoms with Crippen molar-refractivity contribution in [3.05, 3.63) is 42.5 Å². The standard InChI is InChI=1S/C20H17F3N4O3S/c1-30-11-6-7-12-14(8-11)26-19(25-12)31-10-18(29)27-15-5-3-2-4-13(15)24-17(28)9-16(27)20(21,22)23/h2-8,16H,9-10H2,1H3,(H,24,28)(H,25,26)/t16-/m0/s1. The van der Waals surface area contributed by atoms with Gasteiger partial charge in [-0.25, -0.2) is 4.98 Å². The number of anilines is 2. The topological polar surface area (TPSA) is 87.3 Å². The lowest BCUT2D eigenvalue weighted by Gasteiger charge is -2.31. The minimum atomic E-state index is -4.77. The SMILES string of the molecule is COc1ccc2nc(SCC(=O)N3c4ccccc4NC(=O)C[C@H]3C(F)(F)F)[nH]c2c1. The molecule has 0 saturated carbocycles. The number of methoxy groups -OCH3 is 1. The van der Waals surface area contributed by atoms with Crippen molar-refractivity contribution in [2.75, 3.05) is 23.1 Å². The van der Waals surface area contributed by atoms with Crippen molar-refractivity contribution >= 4 is 46.0 Å². The molecule has 2 N–H and O–H groups in total. The van der Waals surface area contributed by atoms with Crippen LogP contribution in [0.3, 0.4) is 0 Å². The summed E-state index contributed by atoms with van der Waals surface area (Å²) in [7, 11) is 1.53. The number of halogens is 3. The average Bonchev–Trinajstić information content (AvgIpc) is 3.06. The summed E-state index contributed by atoms with van der Waals surface area (Å²) in [4.78, 5) is 33.0. The van der Waals surface area contributed by atoms with Crippen molar-refractivity contribution in [3.63, 3.8) is 0 Å². The number of para-hydroxylation sites is 2. The number of imidazole rings is 1. The lowest BCUT2D eigenvalue weighted by Crippen LogP contribution is -2.50. The minimum absolute atomic E-state index is 0.00983. The Balaban J connectivity index is 1.61. The van der Waals surface area contributed by atoms with Gasteiger partial charge in [0.1, 0.15) is 11.8 Å². The lowest BCUT2D eigenvalue weighted by molar-refractivity contribution is -0.157. The first-order valence-corrected chi connectivity index (χ1v) is 10.2. The van der Waals surface area contributed by atoms with Crippen LogP contribution in [0, 0.1) is 0 Å². The molecule has 0 saturated heterocycles. The van der Waals surface area contributed by atoms with E-state index < -0.39 is 30.5 Å². The van der Waals surface area contributed by atoms with Gasteiger partial charge in [0.15, 0.2) is 5.16 Å². The lowest BCUT2D eigenvalue weighted by atomic mass is 10.1. The van der Waals surface area contributed by atoms with Crippen molar-refractivity contribution < 1.29 is 27.5 Å². The minimum Gasteiger partial charge on any atom is -0.497 e. The summed E-state index contributed by atoms with van der Waals surface area (Å²) in [5, 5.41) is 2.83. The molecule has 0 spiro atoms. The first kappa shape index (κ1) is 21.0. The highest BCUT2D eigenvalue weighted by Crippen LogP contribution is 2.38. The number of carbonyl (C=O) groups excluding carboxylic acids is 2. The molecule has 31 heavy (non-hydrogen) atoms. The van der Waals surface area contributed by atoms with Crippen LogP contribution in [0.5, 0.6) is 5.75 Å². The molecule has 3 aromatic rings. The monoisotopic (exact) mass is 450 g/mol. The second kappa shape index (κ2) is 8.14. The number of amides is 2. The number of alkyl halides is 3. The molecule has 11 heteroatoms. The van der Waals surface area contributed by atoms with Crippen LogP contribution in [0.4, 0.5) is 24.5 Å².